The molecule has 1 heterocycles. The summed E-state index contributed by atoms with van der Waals surface area (Å²) >= 11 is 0. The van der Waals surface area contributed by atoms with Gasteiger partial charge < -0.3 is 15.4 Å². The van der Waals surface area contributed by atoms with E-state index in [2.05, 4.69) is 10.6 Å². The molecule has 2 rings (SSSR count). The third-order valence-corrected chi connectivity index (χ3v) is 3.38. The molecule has 1 aromatic rings. The van der Waals surface area contributed by atoms with Crippen molar-refractivity contribution in [1.82, 2.24) is 10.6 Å². The molecule has 0 aliphatic carbocycles. The molecule has 0 saturated carbocycles. The number of ether oxygens (including phenoxy) is 1. The first kappa shape index (κ1) is 14.4. The molecule has 1 fully saturated rings. The zero-order chi connectivity index (χ0) is 14.5. The summed E-state index contributed by atoms with van der Waals surface area (Å²) < 4.78 is 5.56. The van der Waals surface area contributed by atoms with Gasteiger partial charge in [0, 0.05) is 6.54 Å². The average Bonchev–Trinajstić information content (AvgIpc) is 2.41. The normalized spacial score (nSPS) is 18.3. The summed E-state index contributed by atoms with van der Waals surface area (Å²) in [6, 6.07) is 5.39. The fourth-order valence-corrected chi connectivity index (χ4v) is 2.31. The molecular weight excluding hydrogens is 256 g/mol. The number of rotatable bonds is 4. The second-order valence-corrected chi connectivity index (χ2v) is 5.06. The summed E-state index contributed by atoms with van der Waals surface area (Å²) in [5.41, 5.74) is 1.99. The molecule has 2 N–H and O–H groups in total. The Bertz CT molecular complexity index is 494. The van der Waals surface area contributed by atoms with Crippen LogP contribution in [0.5, 0.6) is 5.75 Å². The van der Waals surface area contributed by atoms with Gasteiger partial charge in [-0.2, -0.15) is 0 Å². The van der Waals surface area contributed by atoms with Crippen molar-refractivity contribution in [3.05, 3.63) is 29.3 Å². The highest BCUT2D eigenvalue weighted by atomic mass is 16.5. The molecule has 20 heavy (non-hydrogen) atoms. The number of piperidine rings is 1. The van der Waals surface area contributed by atoms with Gasteiger partial charge in [0.05, 0.1) is 0 Å². The summed E-state index contributed by atoms with van der Waals surface area (Å²) in [7, 11) is 0. The number of hydrogen-bond donors (Lipinski definition) is 2. The van der Waals surface area contributed by atoms with E-state index in [9.17, 15) is 9.59 Å². The zero-order valence-electron chi connectivity index (χ0n) is 11.9. The molecule has 0 bridgehead atoms. The van der Waals surface area contributed by atoms with Gasteiger partial charge in [-0.25, -0.2) is 0 Å². The molecular formula is C15H20N2O3. The van der Waals surface area contributed by atoms with Gasteiger partial charge in [-0.3, -0.25) is 9.59 Å². The van der Waals surface area contributed by atoms with E-state index >= 15 is 0 Å². The number of para-hydroxylation sites is 1. The smallest absolute Gasteiger partial charge is 0.258 e. The van der Waals surface area contributed by atoms with Crippen LogP contribution in [0.15, 0.2) is 18.2 Å². The highest BCUT2D eigenvalue weighted by Gasteiger charge is 2.23. The van der Waals surface area contributed by atoms with Crippen LogP contribution < -0.4 is 15.4 Å². The summed E-state index contributed by atoms with van der Waals surface area (Å²) in [5, 5.41) is 5.44. The van der Waals surface area contributed by atoms with Crippen molar-refractivity contribution in [2.45, 2.75) is 32.7 Å². The van der Waals surface area contributed by atoms with Crippen LogP contribution in [-0.4, -0.2) is 31.0 Å². The Hall–Kier alpha value is -2.04. The minimum Gasteiger partial charge on any atom is -0.483 e. The highest BCUT2D eigenvalue weighted by Crippen LogP contribution is 2.22. The topological polar surface area (TPSA) is 67.4 Å². The summed E-state index contributed by atoms with van der Waals surface area (Å²) in [6.07, 6.45) is 1.56. The van der Waals surface area contributed by atoms with Gasteiger partial charge in [0.2, 0.25) is 5.91 Å². The maximum atomic E-state index is 11.8. The number of hydrogen-bond acceptors (Lipinski definition) is 3. The number of amides is 2. The van der Waals surface area contributed by atoms with Gasteiger partial charge in [-0.05, 0) is 37.8 Å². The van der Waals surface area contributed by atoms with Crippen LogP contribution in [0.3, 0.4) is 0 Å². The molecule has 108 valence electrons. The number of nitrogens with one attached hydrogen (secondary N) is 2. The van der Waals surface area contributed by atoms with Crippen LogP contribution in [-0.2, 0) is 9.59 Å². The van der Waals surface area contributed by atoms with Gasteiger partial charge >= 0.3 is 0 Å². The standard InChI is InChI=1S/C15H20N2O3/c1-10-5-3-6-11(2)14(10)20-9-13(18)17-12-7-4-8-16-15(12)19/h3,5-6,12H,4,7-9H2,1-2H3,(H,16,19)(H,17,18). The maximum absolute atomic E-state index is 11.8. The van der Waals surface area contributed by atoms with Crippen molar-refractivity contribution in [2.75, 3.05) is 13.2 Å². The second kappa shape index (κ2) is 6.41. The molecule has 0 spiro atoms. The monoisotopic (exact) mass is 276 g/mol. The molecule has 5 heteroatoms. The van der Waals surface area contributed by atoms with Gasteiger partial charge in [0.1, 0.15) is 11.8 Å². The van der Waals surface area contributed by atoms with E-state index in [1.165, 1.54) is 0 Å². The first-order valence-corrected chi connectivity index (χ1v) is 6.84. The Morgan fingerprint density at radius 3 is 2.75 bits per heavy atom. The Kier molecular flexibility index (Phi) is 4.61. The van der Waals surface area contributed by atoms with E-state index in [0.29, 0.717) is 13.0 Å². The van der Waals surface area contributed by atoms with Gasteiger partial charge in [0.15, 0.2) is 6.61 Å². The first-order chi connectivity index (χ1) is 9.58. The molecule has 1 saturated heterocycles. The van der Waals surface area contributed by atoms with E-state index in [1.54, 1.807) is 0 Å². The van der Waals surface area contributed by atoms with E-state index < -0.39 is 6.04 Å². The maximum Gasteiger partial charge on any atom is 0.258 e. The minimum atomic E-state index is -0.433. The molecule has 1 aromatic carbocycles. The Balaban J connectivity index is 1.87. The van der Waals surface area contributed by atoms with Gasteiger partial charge in [-0.15, -0.1) is 0 Å². The van der Waals surface area contributed by atoms with Crippen molar-refractivity contribution in [1.29, 1.82) is 0 Å². The van der Waals surface area contributed by atoms with Crippen LogP contribution in [0.25, 0.3) is 0 Å². The average molecular weight is 276 g/mol. The van der Waals surface area contributed by atoms with Crippen molar-refractivity contribution in [2.24, 2.45) is 0 Å². The lowest BCUT2D eigenvalue weighted by Crippen LogP contribution is -2.51. The molecule has 0 radical (unpaired) electrons. The van der Waals surface area contributed by atoms with Crippen LogP contribution in [0, 0.1) is 13.8 Å². The lowest BCUT2D eigenvalue weighted by molar-refractivity contribution is -0.131. The van der Waals surface area contributed by atoms with Crippen molar-refractivity contribution >= 4 is 11.8 Å². The molecule has 1 unspecified atom stereocenters. The van der Waals surface area contributed by atoms with Crippen molar-refractivity contribution < 1.29 is 14.3 Å². The van der Waals surface area contributed by atoms with Crippen molar-refractivity contribution in [3.8, 4) is 5.75 Å². The van der Waals surface area contributed by atoms with Crippen LogP contribution in [0.4, 0.5) is 0 Å². The summed E-state index contributed by atoms with van der Waals surface area (Å²) in [6.45, 7) is 4.49. The Morgan fingerprint density at radius 2 is 2.10 bits per heavy atom. The Labute approximate surface area is 118 Å². The van der Waals surface area contributed by atoms with Gasteiger partial charge in [0.25, 0.3) is 5.91 Å². The zero-order valence-corrected chi connectivity index (χ0v) is 11.9. The fraction of sp³-hybridized carbons (Fsp3) is 0.467. The lowest BCUT2D eigenvalue weighted by Gasteiger charge is -2.22. The van der Waals surface area contributed by atoms with E-state index in [-0.39, 0.29) is 18.4 Å². The molecule has 1 aliphatic rings. The second-order valence-electron chi connectivity index (χ2n) is 5.06. The van der Waals surface area contributed by atoms with Crippen LogP contribution in [0.1, 0.15) is 24.0 Å². The molecule has 1 aliphatic heterocycles. The molecule has 5 nitrogen and oxygen atoms in total. The fourth-order valence-electron chi connectivity index (χ4n) is 2.31. The highest BCUT2D eigenvalue weighted by molar-refractivity contribution is 5.88. The van der Waals surface area contributed by atoms with Crippen LogP contribution in [0.2, 0.25) is 0 Å². The summed E-state index contributed by atoms with van der Waals surface area (Å²) in [4.78, 5) is 23.4. The van der Waals surface area contributed by atoms with E-state index in [4.69, 9.17) is 4.74 Å². The largest absolute Gasteiger partial charge is 0.483 e. The Morgan fingerprint density at radius 1 is 1.40 bits per heavy atom. The van der Waals surface area contributed by atoms with Gasteiger partial charge in [-0.1, -0.05) is 18.2 Å². The number of carbonyl (C=O) groups is 2. The number of aryl methyl sites for hydroxylation is 2. The van der Waals surface area contributed by atoms with E-state index in [1.807, 2.05) is 32.0 Å². The number of carbonyl (C=O) groups excluding carboxylic acids is 2. The first-order valence-electron chi connectivity index (χ1n) is 6.84. The van der Waals surface area contributed by atoms with Crippen LogP contribution >= 0.6 is 0 Å². The quantitative estimate of drug-likeness (QED) is 0.864. The molecule has 0 aromatic heterocycles. The minimum absolute atomic E-state index is 0.0739. The van der Waals surface area contributed by atoms with Crippen molar-refractivity contribution in [3.63, 3.8) is 0 Å². The predicted octanol–water partition coefficient (Wildman–Crippen LogP) is 1.08. The molecule has 1 atom stereocenters. The lowest BCUT2D eigenvalue weighted by atomic mass is 10.1. The number of benzene rings is 1. The SMILES string of the molecule is Cc1cccc(C)c1OCC(=O)NC1CCCNC1=O. The summed E-state index contributed by atoms with van der Waals surface area (Å²) in [5.74, 6) is 0.349. The third-order valence-electron chi connectivity index (χ3n) is 3.38. The molecule has 2 amide bonds. The predicted molar refractivity (Wildman–Crippen MR) is 75.6 cm³/mol. The van der Waals surface area contributed by atoms with E-state index in [0.717, 1.165) is 23.3 Å². The third kappa shape index (κ3) is 3.50.